The van der Waals surface area contributed by atoms with Gasteiger partial charge in [0.05, 0.1) is 13.2 Å². The maximum absolute atomic E-state index is 10.4. The average molecular weight is 288 g/mol. The lowest BCUT2D eigenvalue weighted by atomic mass is 10.3. The van der Waals surface area contributed by atoms with Crippen LogP contribution in [0.5, 0.6) is 0 Å². The average Bonchev–Trinajstić information content (AvgIpc) is 2.79. The Morgan fingerprint density at radius 2 is 2.61 bits per heavy atom. The van der Waals surface area contributed by atoms with E-state index in [1.807, 2.05) is 6.26 Å². The molecule has 1 aromatic heterocycles. The highest BCUT2D eigenvalue weighted by molar-refractivity contribution is 8.00. The summed E-state index contributed by atoms with van der Waals surface area (Å²) in [6, 6.07) is 0.0883. The van der Waals surface area contributed by atoms with E-state index in [1.54, 1.807) is 34.2 Å². The molecule has 2 heterocycles. The Bertz CT molecular complexity index is 462. The third-order valence-electron chi connectivity index (χ3n) is 2.29. The fraction of sp³-hybridized carbons (Fsp3) is 0.556. The monoisotopic (exact) mass is 288 g/mol. The number of thioether (sulfide) groups is 1. The number of rotatable bonds is 4. The molecular weight excluding hydrogens is 276 g/mol. The van der Waals surface area contributed by atoms with E-state index in [4.69, 9.17) is 4.74 Å². The third-order valence-corrected chi connectivity index (χ3v) is 4.28. The Kier molecular flexibility index (Phi) is 4.37. The van der Waals surface area contributed by atoms with Crippen molar-refractivity contribution in [2.45, 2.75) is 17.3 Å². The van der Waals surface area contributed by atoms with E-state index in [0.717, 1.165) is 15.6 Å². The zero-order valence-corrected chi connectivity index (χ0v) is 11.4. The van der Waals surface area contributed by atoms with E-state index in [2.05, 4.69) is 10.1 Å². The van der Waals surface area contributed by atoms with Gasteiger partial charge < -0.3 is 9.64 Å². The number of nitrogens with zero attached hydrogens (tertiary/aromatic N) is 4. The highest BCUT2D eigenvalue weighted by Crippen LogP contribution is 2.23. The Morgan fingerprint density at radius 1 is 1.78 bits per heavy atom. The quantitative estimate of drug-likeness (QED) is 0.476. The van der Waals surface area contributed by atoms with Crippen molar-refractivity contribution in [3.63, 3.8) is 0 Å². The predicted molar refractivity (Wildman–Crippen MR) is 69.3 cm³/mol. The summed E-state index contributed by atoms with van der Waals surface area (Å²) in [5, 5.41) is 12.9. The molecule has 0 amide bonds. The second-order valence-corrected chi connectivity index (χ2v) is 5.71. The van der Waals surface area contributed by atoms with E-state index in [9.17, 15) is 10.1 Å². The Labute approximate surface area is 112 Å². The van der Waals surface area contributed by atoms with Gasteiger partial charge in [-0.15, -0.1) is 11.3 Å². The van der Waals surface area contributed by atoms with E-state index < -0.39 is 5.03 Å². The Morgan fingerprint density at radius 3 is 3.28 bits per heavy atom. The molecule has 18 heavy (non-hydrogen) atoms. The zero-order valence-electron chi connectivity index (χ0n) is 9.74. The van der Waals surface area contributed by atoms with Crippen LogP contribution in [0.1, 0.15) is 11.3 Å². The van der Waals surface area contributed by atoms with Gasteiger partial charge in [0.2, 0.25) is 0 Å². The van der Waals surface area contributed by atoms with Crippen LogP contribution in [0.25, 0.3) is 0 Å². The Balaban J connectivity index is 2.07. The molecule has 0 N–H and O–H groups in total. The van der Waals surface area contributed by atoms with Crippen molar-refractivity contribution in [3.8, 4) is 0 Å². The number of hydrazone groups is 1. The van der Waals surface area contributed by atoms with Crippen molar-refractivity contribution in [2.24, 2.45) is 5.10 Å². The van der Waals surface area contributed by atoms with Crippen LogP contribution in [0, 0.1) is 10.1 Å². The second kappa shape index (κ2) is 6.01. The molecule has 1 aliphatic rings. The minimum atomic E-state index is -0.729. The van der Waals surface area contributed by atoms with Gasteiger partial charge in [-0.25, -0.2) is 15.1 Å². The van der Waals surface area contributed by atoms with Gasteiger partial charge >= 0.3 is 6.02 Å². The van der Waals surface area contributed by atoms with Crippen LogP contribution < -0.4 is 0 Å². The maximum Gasteiger partial charge on any atom is 0.362 e. The van der Waals surface area contributed by atoms with E-state index >= 15 is 0 Å². The van der Waals surface area contributed by atoms with Crippen molar-refractivity contribution < 1.29 is 9.77 Å². The number of hydrogen-bond acceptors (Lipinski definition) is 6. The molecule has 98 valence electrons. The van der Waals surface area contributed by atoms with Gasteiger partial charge in [0.15, 0.2) is 5.03 Å². The second-order valence-electron chi connectivity index (χ2n) is 3.54. The molecule has 1 fully saturated rings. The van der Waals surface area contributed by atoms with Gasteiger partial charge in [0.25, 0.3) is 0 Å². The first-order valence-electron chi connectivity index (χ1n) is 5.28. The molecular formula is C9H12N4O3S2. The largest absolute Gasteiger partial charge is 0.461 e. The SMILES string of the molecule is CSc1ncc(CN2CCCO/C2=N\[N+](=O)[O-])s1. The molecule has 0 aromatic carbocycles. The van der Waals surface area contributed by atoms with Crippen LogP contribution in [-0.2, 0) is 11.3 Å². The van der Waals surface area contributed by atoms with Gasteiger partial charge in [-0.1, -0.05) is 11.8 Å². The van der Waals surface area contributed by atoms with Gasteiger partial charge in [0.1, 0.15) is 9.44 Å². The molecule has 0 saturated carbocycles. The van der Waals surface area contributed by atoms with Crippen LogP contribution in [0.4, 0.5) is 0 Å². The fourth-order valence-corrected chi connectivity index (χ4v) is 3.03. The molecule has 0 unspecified atom stereocenters. The van der Waals surface area contributed by atoms with Crippen molar-refractivity contribution in [3.05, 3.63) is 21.2 Å². The third kappa shape index (κ3) is 3.33. The molecule has 1 aromatic rings. The zero-order chi connectivity index (χ0) is 13.0. The van der Waals surface area contributed by atoms with Crippen molar-refractivity contribution in [2.75, 3.05) is 19.4 Å². The first-order valence-corrected chi connectivity index (χ1v) is 7.32. The standard InChI is InChI=1S/C9H12N4O3S2/c1-17-9-10-5-7(18-9)6-12-3-2-4-16-8(12)11-13(14)15/h5H,2-4,6H2,1H3/b11-8-. The molecule has 1 aliphatic heterocycles. The van der Waals surface area contributed by atoms with Crippen LogP contribution in [0.3, 0.4) is 0 Å². The first-order chi connectivity index (χ1) is 8.69. The lowest BCUT2D eigenvalue weighted by molar-refractivity contribution is -0.487. The minimum absolute atomic E-state index is 0.0883. The highest BCUT2D eigenvalue weighted by Gasteiger charge is 2.22. The molecule has 0 spiro atoms. The summed E-state index contributed by atoms with van der Waals surface area (Å²) in [6.45, 7) is 1.73. The van der Waals surface area contributed by atoms with Crippen LogP contribution in [-0.4, -0.2) is 40.3 Å². The maximum atomic E-state index is 10.4. The topological polar surface area (TPSA) is 80.9 Å². The molecule has 0 radical (unpaired) electrons. The lowest BCUT2D eigenvalue weighted by Gasteiger charge is -2.27. The number of thiazole rings is 1. The number of nitro groups is 1. The van der Waals surface area contributed by atoms with Crippen LogP contribution in [0.15, 0.2) is 15.6 Å². The molecule has 0 bridgehead atoms. The minimum Gasteiger partial charge on any atom is -0.461 e. The van der Waals surface area contributed by atoms with Crippen molar-refractivity contribution in [1.29, 1.82) is 0 Å². The molecule has 0 atom stereocenters. The smallest absolute Gasteiger partial charge is 0.362 e. The van der Waals surface area contributed by atoms with E-state index in [0.29, 0.717) is 19.7 Å². The molecule has 9 heteroatoms. The number of aromatic nitrogens is 1. The van der Waals surface area contributed by atoms with Crippen LogP contribution in [0.2, 0.25) is 0 Å². The Hall–Kier alpha value is -1.35. The number of hydrogen-bond donors (Lipinski definition) is 0. The predicted octanol–water partition coefficient (Wildman–Crippen LogP) is 1.64. The van der Waals surface area contributed by atoms with Gasteiger partial charge in [-0.3, -0.25) is 0 Å². The molecule has 2 rings (SSSR count). The van der Waals surface area contributed by atoms with Gasteiger partial charge in [-0.2, -0.15) is 0 Å². The van der Waals surface area contributed by atoms with Crippen molar-refractivity contribution in [1.82, 2.24) is 9.88 Å². The number of ether oxygens (including phenoxy) is 1. The lowest BCUT2D eigenvalue weighted by Crippen LogP contribution is -2.38. The van der Waals surface area contributed by atoms with Gasteiger partial charge in [0, 0.05) is 17.6 Å². The van der Waals surface area contributed by atoms with Crippen molar-refractivity contribution >= 4 is 29.1 Å². The summed E-state index contributed by atoms with van der Waals surface area (Å²) in [4.78, 5) is 17.5. The van der Waals surface area contributed by atoms with E-state index in [1.165, 1.54) is 0 Å². The van der Waals surface area contributed by atoms with Crippen LogP contribution >= 0.6 is 23.1 Å². The van der Waals surface area contributed by atoms with Gasteiger partial charge in [-0.05, 0) is 12.7 Å². The summed E-state index contributed by atoms with van der Waals surface area (Å²) in [5.41, 5.74) is 0. The molecule has 7 nitrogen and oxygen atoms in total. The summed E-state index contributed by atoms with van der Waals surface area (Å²) in [5.74, 6) is 0. The summed E-state index contributed by atoms with van der Waals surface area (Å²) in [6.07, 6.45) is 4.59. The summed E-state index contributed by atoms with van der Waals surface area (Å²) >= 11 is 3.16. The molecule has 1 saturated heterocycles. The highest BCUT2D eigenvalue weighted by atomic mass is 32.2. The number of amidine groups is 1. The molecule has 0 aliphatic carbocycles. The normalized spacial score (nSPS) is 17.8. The summed E-state index contributed by atoms with van der Waals surface area (Å²) in [7, 11) is 0. The fourth-order valence-electron chi connectivity index (χ4n) is 1.56. The van der Waals surface area contributed by atoms with E-state index in [-0.39, 0.29) is 6.02 Å². The first kappa shape index (κ1) is 13.1. The summed E-state index contributed by atoms with van der Waals surface area (Å²) < 4.78 is 6.20.